The maximum Gasteiger partial charge on any atom is 0.143 e. The van der Waals surface area contributed by atoms with Crippen LogP contribution >= 0.6 is 0 Å². The average Bonchev–Trinajstić information content (AvgIpc) is 2.88. The molecule has 1 aromatic carbocycles. The fourth-order valence-electron chi connectivity index (χ4n) is 3.12. The molecule has 0 bridgehead atoms. The average molecular weight is 260 g/mol. The summed E-state index contributed by atoms with van der Waals surface area (Å²) >= 11 is 0. The quantitative estimate of drug-likeness (QED) is 0.904. The largest absolute Gasteiger partial charge is 0.487 e. The first-order chi connectivity index (χ1) is 9.24. The van der Waals surface area contributed by atoms with Crippen LogP contribution in [-0.4, -0.2) is 36.7 Å². The molecule has 0 amide bonds. The second-order valence-corrected chi connectivity index (χ2v) is 5.94. The molecule has 3 rings (SSSR count). The highest BCUT2D eigenvalue weighted by atomic mass is 16.5. The summed E-state index contributed by atoms with van der Waals surface area (Å²) in [7, 11) is 0. The van der Waals surface area contributed by atoms with Crippen LogP contribution in [0.25, 0.3) is 0 Å². The van der Waals surface area contributed by atoms with Crippen molar-refractivity contribution in [2.24, 2.45) is 0 Å². The molecule has 0 radical (unpaired) electrons. The summed E-state index contributed by atoms with van der Waals surface area (Å²) in [6.45, 7) is 7.84. The lowest BCUT2D eigenvalue weighted by atomic mass is 10.1. The predicted molar refractivity (Wildman–Crippen MR) is 79.0 cm³/mol. The minimum atomic E-state index is 0.338. The molecule has 0 spiro atoms. The van der Waals surface area contributed by atoms with Gasteiger partial charge in [0.1, 0.15) is 11.9 Å². The minimum absolute atomic E-state index is 0.338. The highest BCUT2D eigenvalue weighted by Gasteiger charge is 2.24. The predicted octanol–water partition coefficient (Wildman–Crippen LogP) is 2.91. The Balaban J connectivity index is 1.70. The van der Waals surface area contributed by atoms with Gasteiger partial charge in [0.25, 0.3) is 0 Å². The highest BCUT2D eigenvalue weighted by molar-refractivity contribution is 5.65. The Morgan fingerprint density at radius 2 is 2.26 bits per heavy atom. The molecule has 0 saturated carbocycles. The summed E-state index contributed by atoms with van der Waals surface area (Å²) in [6.07, 6.45) is 3.87. The Morgan fingerprint density at radius 3 is 3.11 bits per heavy atom. The third-order valence-corrected chi connectivity index (χ3v) is 4.24. The number of hydrogen-bond donors (Lipinski definition) is 1. The lowest BCUT2D eigenvalue weighted by Gasteiger charge is -2.35. The van der Waals surface area contributed by atoms with Crippen molar-refractivity contribution in [2.45, 2.75) is 45.3 Å². The van der Waals surface area contributed by atoms with Crippen LogP contribution < -0.4 is 10.1 Å². The number of benzene rings is 1. The molecule has 2 aliphatic rings. The van der Waals surface area contributed by atoms with Crippen molar-refractivity contribution in [1.29, 1.82) is 0 Å². The number of fused-ring (bicyclic) bond motifs is 1. The molecule has 3 nitrogen and oxygen atoms in total. The van der Waals surface area contributed by atoms with Crippen molar-refractivity contribution in [3.05, 3.63) is 23.8 Å². The molecule has 3 heteroatoms. The number of piperidine rings is 1. The Bertz CT molecular complexity index is 444. The number of likely N-dealkylation sites (tertiary alicyclic amines) is 1. The van der Waals surface area contributed by atoms with Crippen molar-refractivity contribution in [3.63, 3.8) is 0 Å². The number of nitrogens with zero attached hydrogens (tertiary/aromatic N) is 1. The first-order valence-corrected chi connectivity index (χ1v) is 7.50. The van der Waals surface area contributed by atoms with E-state index in [1.807, 2.05) is 0 Å². The van der Waals surface area contributed by atoms with Gasteiger partial charge in [-0.1, -0.05) is 12.1 Å². The summed E-state index contributed by atoms with van der Waals surface area (Å²) in [6, 6.07) is 7.03. The molecule has 104 valence electrons. The van der Waals surface area contributed by atoms with Crippen LogP contribution in [-0.2, 0) is 6.42 Å². The minimum Gasteiger partial charge on any atom is -0.487 e. The normalized spacial score (nSPS) is 23.2. The molecule has 1 saturated heterocycles. The van der Waals surface area contributed by atoms with Crippen molar-refractivity contribution in [3.8, 4) is 5.75 Å². The summed E-state index contributed by atoms with van der Waals surface area (Å²) in [4.78, 5) is 2.52. The van der Waals surface area contributed by atoms with Crippen molar-refractivity contribution >= 4 is 5.69 Å². The van der Waals surface area contributed by atoms with E-state index in [0.29, 0.717) is 12.1 Å². The second kappa shape index (κ2) is 5.41. The molecule has 19 heavy (non-hydrogen) atoms. The zero-order chi connectivity index (χ0) is 13.2. The lowest BCUT2D eigenvalue weighted by molar-refractivity contribution is 0.0711. The summed E-state index contributed by atoms with van der Waals surface area (Å²) in [5, 5.41) is 3.45. The van der Waals surface area contributed by atoms with Gasteiger partial charge >= 0.3 is 0 Å². The lowest BCUT2D eigenvalue weighted by Crippen LogP contribution is -2.44. The van der Waals surface area contributed by atoms with Gasteiger partial charge < -0.3 is 10.1 Å². The summed E-state index contributed by atoms with van der Waals surface area (Å²) < 4.78 is 6.27. The van der Waals surface area contributed by atoms with Crippen molar-refractivity contribution in [1.82, 2.24) is 4.90 Å². The van der Waals surface area contributed by atoms with E-state index < -0.39 is 0 Å². The SMILES string of the molecule is CC(C)N1CCCC(Oc2cccc3c2NCC3)C1. The maximum absolute atomic E-state index is 6.27. The van der Waals surface area contributed by atoms with Gasteiger partial charge in [-0.15, -0.1) is 0 Å². The van der Waals surface area contributed by atoms with Gasteiger partial charge in [0.2, 0.25) is 0 Å². The first-order valence-electron chi connectivity index (χ1n) is 7.50. The van der Waals surface area contributed by atoms with Crippen LogP contribution in [0.3, 0.4) is 0 Å². The fourth-order valence-corrected chi connectivity index (χ4v) is 3.12. The number of nitrogens with one attached hydrogen (secondary N) is 1. The van der Waals surface area contributed by atoms with Crippen LogP contribution in [0, 0.1) is 0 Å². The molecular weight excluding hydrogens is 236 g/mol. The molecule has 1 aromatic rings. The van der Waals surface area contributed by atoms with Crippen LogP contribution in [0.4, 0.5) is 5.69 Å². The van der Waals surface area contributed by atoms with E-state index in [-0.39, 0.29) is 0 Å². The summed E-state index contributed by atoms with van der Waals surface area (Å²) in [5.41, 5.74) is 2.62. The molecular formula is C16H24N2O. The van der Waals surface area contributed by atoms with E-state index in [4.69, 9.17) is 4.74 Å². The van der Waals surface area contributed by atoms with E-state index in [1.54, 1.807) is 0 Å². The van der Waals surface area contributed by atoms with Gasteiger partial charge in [0.15, 0.2) is 0 Å². The number of rotatable bonds is 3. The molecule has 0 aliphatic carbocycles. The molecule has 1 unspecified atom stereocenters. The van der Waals surface area contributed by atoms with E-state index >= 15 is 0 Å². The number of para-hydroxylation sites is 1. The molecule has 2 aliphatic heterocycles. The van der Waals surface area contributed by atoms with Crippen molar-refractivity contribution in [2.75, 3.05) is 25.0 Å². The Morgan fingerprint density at radius 1 is 1.37 bits per heavy atom. The monoisotopic (exact) mass is 260 g/mol. The molecule has 1 fully saturated rings. The van der Waals surface area contributed by atoms with Crippen LogP contribution in [0.1, 0.15) is 32.3 Å². The smallest absolute Gasteiger partial charge is 0.143 e. The van der Waals surface area contributed by atoms with E-state index in [9.17, 15) is 0 Å². The molecule has 2 heterocycles. The van der Waals surface area contributed by atoms with Crippen LogP contribution in [0.2, 0.25) is 0 Å². The van der Waals surface area contributed by atoms with Gasteiger partial charge in [-0.05, 0) is 51.3 Å². The Hall–Kier alpha value is -1.22. The van der Waals surface area contributed by atoms with E-state index in [1.165, 1.54) is 30.6 Å². The van der Waals surface area contributed by atoms with Gasteiger partial charge in [0.05, 0.1) is 5.69 Å². The third-order valence-electron chi connectivity index (χ3n) is 4.24. The molecule has 1 N–H and O–H groups in total. The number of ether oxygens (including phenoxy) is 1. The standard InChI is InChI=1S/C16H24N2O/c1-12(2)18-10-4-6-14(11-18)19-15-7-3-5-13-8-9-17-16(13)15/h3,5,7,12,14,17H,4,6,8-11H2,1-2H3. The summed E-state index contributed by atoms with van der Waals surface area (Å²) in [5.74, 6) is 1.05. The highest BCUT2D eigenvalue weighted by Crippen LogP contribution is 2.34. The van der Waals surface area contributed by atoms with E-state index in [0.717, 1.165) is 25.3 Å². The number of anilines is 1. The fraction of sp³-hybridized carbons (Fsp3) is 0.625. The van der Waals surface area contributed by atoms with Gasteiger partial charge in [-0.25, -0.2) is 0 Å². The zero-order valence-corrected chi connectivity index (χ0v) is 12.0. The van der Waals surface area contributed by atoms with Crippen LogP contribution in [0.5, 0.6) is 5.75 Å². The Kier molecular flexibility index (Phi) is 3.65. The Labute approximate surface area is 115 Å². The third kappa shape index (κ3) is 2.71. The van der Waals surface area contributed by atoms with Crippen LogP contribution in [0.15, 0.2) is 18.2 Å². The molecule has 0 aromatic heterocycles. The maximum atomic E-state index is 6.27. The molecule has 1 atom stereocenters. The zero-order valence-electron chi connectivity index (χ0n) is 12.0. The van der Waals surface area contributed by atoms with Gasteiger partial charge in [-0.3, -0.25) is 4.90 Å². The van der Waals surface area contributed by atoms with E-state index in [2.05, 4.69) is 42.3 Å². The second-order valence-electron chi connectivity index (χ2n) is 5.94. The van der Waals surface area contributed by atoms with Gasteiger partial charge in [-0.2, -0.15) is 0 Å². The topological polar surface area (TPSA) is 24.5 Å². The van der Waals surface area contributed by atoms with Gasteiger partial charge in [0, 0.05) is 19.1 Å². The van der Waals surface area contributed by atoms with Crippen molar-refractivity contribution < 1.29 is 4.74 Å². The number of hydrogen-bond acceptors (Lipinski definition) is 3. The first kappa shape index (κ1) is 12.8.